The number of nitrogens with one attached hydrogen (secondary N) is 1. The molecule has 1 aromatic carbocycles. The van der Waals surface area contributed by atoms with E-state index in [0.29, 0.717) is 32.4 Å². The van der Waals surface area contributed by atoms with Gasteiger partial charge in [0.2, 0.25) is 0 Å². The van der Waals surface area contributed by atoms with Crippen LogP contribution in [0.5, 0.6) is 5.75 Å². The lowest BCUT2D eigenvalue weighted by molar-refractivity contribution is -0.137. The molecule has 1 fully saturated rings. The lowest BCUT2D eigenvalue weighted by Gasteiger charge is -2.39. The van der Waals surface area contributed by atoms with Gasteiger partial charge in [-0.15, -0.1) is 0 Å². The number of amides is 1. The normalized spacial score (nSPS) is 18.3. The number of pyridine rings is 1. The van der Waals surface area contributed by atoms with Crippen molar-refractivity contribution in [1.29, 1.82) is 0 Å². The third-order valence-corrected chi connectivity index (χ3v) is 5.86. The smallest absolute Gasteiger partial charge is 0.304 e. The molecule has 0 aliphatic carbocycles. The Labute approximate surface area is 197 Å². The molecule has 1 amide bonds. The van der Waals surface area contributed by atoms with Crippen LogP contribution in [-0.4, -0.2) is 71.9 Å². The second kappa shape index (κ2) is 11.5. The molecule has 186 valence electrons. The summed E-state index contributed by atoms with van der Waals surface area (Å²) in [7, 11) is 1.56. The van der Waals surface area contributed by atoms with Crippen molar-refractivity contribution in [3.63, 3.8) is 0 Å². The van der Waals surface area contributed by atoms with Gasteiger partial charge >= 0.3 is 5.97 Å². The summed E-state index contributed by atoms with van der Waals surface area (Å²) >= 11 is 0. The number of halogens is 2. The Hall–Kier alpha value is -2.85. The number of carbonyl (C=O) groups is 2. The highest BCUT2D eigenvalue weighted by atomic mass is 19.1. The van der Waals surface area contributed by atoms with Crippen LogP contribution in [0.25, 0.3) is 10.9 Å². The minimum atomic E-state index is -0.877. The van der Waals surface area contributed by atoms with E-state index in [1.807, 2.05) is 13.8 Å². The zero-order chi connectivity index (χ0) is 24.8. The molecule has 2 atom stereocenters. The fraction of sp³-hybridized carbons (Fsp3) is 0.542. The molecule has 0 unspecified atom stereocenters. The monoisotopic (exact) mass is 479 g/mol. The molecule has 2 heterocycles. The van der Waals surface area contributed by atoms with Crippen molar-refractivity contribution >= 4 is 22.8 Å². The average molecular weight is 480 g/mol. The number of carboxylic acid groups (broad SMARTS) is 1. The van der Waals surface area contributed by atoms with Crippen molar-refractivity contribution in [2.45, 2.75) is 57.7 Å². The van der Waals surface area contributed by atoms with Gasteiger partial charge in [-0.2, -0.15) is 0 Å². The first-order chi connectivity index (χ1) is 16.2. The van der Waals surface area contributed by atoms with E-state index < -0.39 is 23.5 Å². The highest BCUT2D eigenvalue weighted by Gasteiger charge is 2.32. The number of aromatic nitrogens is 1. The van der Waals surface area contributed by atoms with Crippen molar-refractivity contribution in [3.8, 4) is 5.75 Å². The number of hydrogen-bond acceptors (Lipinski definition) is 6. The van der Waals surface area contributed by atoms with Crippen LogP contribution in [0, 0.1) is 11.6 Å². The summed E-state index contributed by atoms with van der Waals surface area (Å²) in [5.41, 5.74) is -0.137. The molecule has 1 aliphatic rings. The number of nitrogens with zero attached hydrogens (tertiary/aromatic N) is 2. The molecule has 0 saturated carbocycles. The molecule has 34 heavy (non-hydrogen) atoms. The first kappa shape index (κ1) is 25.8. The number of aliphatic carboxylic acids is 1. The molecule has 0 bridgehead atoms. The average Bonchev–Trinajstić information content (AvgIpc) is 2.77. The second-order valence-corrected chi connectivity index (χ2v) is 8.72. The van der Waals surface area contributed by atoms with Gasteiger partial charge in [-0.25, -0.2) is 13.8 Å². The minimum Gasteiger partial charge on any atom is -0.493 e. The highest BCUT2D eigenvalue weighted by molar-refractivity contribution is 5.97. The summed E-state index contributed by atoms with van der Waals surface area (Å²) in [6.07, 6.45) is 1.82. The van der Waals surface area contributed by atoms with Crippen molar-refractivity contribution < 1.29 is 33.0 Å². The number of benzene rings is 1. The van der Waals surface area contributed by atoms with Gasteiger partial charge in [-0.3, -0.25) is 9.59 Å². The summed E-state index contributed by atoms with van der Waals surface area (Å²) < 4.78 is 39.3. The molecular formula is C24H31F2N3O5. The third kappa shape index (κ3) is 6.18. The van der Waals surface area contributed by atoms with Gasteiger partial charge in [0.25, 0.3) is 5.91 Å². The number of fused-ring (bicyclic) bond motifs is 1. The van der Waals surface area contributed by atoms with Gasteiger partial charge in [0, 0.05) is 62.3 Å². The van der Waals surface area contributed by atoms with E-state index in [1.165, 1.54) is 6.07 Å². The topological polar surface area (TPSA) is 101 Å². The maximum Gasteiger partial charge on any atom is 0.304 e. The fourth-order valence-electron chi connectivity index (χ4n) is 4.31. The molecule has 8 nitrogen and oxygen atoms in total. The molecule has 0 radical (unpaired) electrons. The standard InChI is InChI=1S/C24H31F2N3O5/c1-14(2)29(17-6-5-16(27-13-17)11-22(30)31)24(32)20-12-21(34-8-4-7-33-3)18-9-15(25)10-19(26)23(18)28-20/h9-10,12,14,16-17,27H,4-8,11,13H2,1-3H3,(H,30,31)/t16-,17+/m0/s1. The van der Waals surface area contributed by atoms with Crippen molar-refractivity contribution in [2.24, 2.45) is 0 Å². The van der Waals surface area contributed by atoms with Crippen LogP contribution < -0.4 is 10.1 Å². The van der Waals surface area contributed by atoms with Gasteiger partial charge in [0.1, 0.15) is 22.8 Å². The Kier molecular flexibility index (Phi) is 8.73. The number of rotatable bonds is 10. The fourth-order valence-corrected chi connectivity index (χ4v) is 4.31. The Bertz CT molecular complexity index is 1030. The molecule has 2 aromatic rings. The van der Waals surface area contributed by atoms with Crippen LogP contribution in [0.3, 0.4) is 0 Å². The molecule has 2 N–H and O–H groups in total. The van der Waals surface area contributed by atoms with Crippen LogP contribution in [0.15, 0.2) is 18.2 Å². The van der Waals surface area contributed by atoms with E-state index in [1.54, 1.807) is 12.0 Å². The van der Waals surface area contributed by atoms with Crippen LogP contribution in [0.2, 0.25) is 0 Å². The number of methoxy groups -OCH3 is 1. The zero-order valence-corrected chi connectivity index (χ0v) is 19.6. The lowest BCUT2D eigenvalue weighted by Crippen LogP contribution is -2.54. The molecule has 1 aliphatic heterocycles. The van der Waals surface area contributed by atoms with Crippen LogP contribution >= 0.6 is 0 Å². The molecule has 1 aromatic heterocycles. The number of carbonyl (C=O) groups excluding carboxylic acids is 1. The van der Waals surface area contributed by atoms with E-state index in [2.05, 4.69) is 10.3 Å². The van der Waals surface area contributed by atoms with E-state index in [4.69, 9.17) is 14.6 Å². The summed E-state index contributed by atoms with van der Waals surface area (Å²) in [6, 6.07) is 2.78. The predicted octanol–water partition coefficient (Wildman–Crippen LogP) is 3.37. The van der Waals surface area contributed by atoms with E-state index >= 15 is 0 Å². The quantitative estimate of drug-likeness (QED) is 0.504. The lowest BCUT2D eigenvalue weighted by atomic mass is 9.96. The Morgan fingerprint density at radius 3 is 2.62 bits per heavy atom. The molecule has 0 spiro atoms. The second-order valence-electron chi connectivity index (χ2n) is 8.72. The van der Waals surface area contributed by atoms with Crippen LogP contribution in [0.4, 0.5) is 8.78 Å². The number of piperidine rings is 1. The highest BCUT2D eigenvalue weighted by Crippen LogP contribution is 2.30. The van der Waals surface area contributed by atoms with Crippen molar-refractivity contribution in [1.82, 2.24) is 15.2 Å². The maximum absolute atomic E-state index is 14.6. The summed E-state index contributed by atoms with van der Waals surface area (Å²) in [5.74, 6) is -2.73. The molecule has 10 heteroatoms. The number of carboxylic acids is 1. The summed E-state index contributed by atoms with van der Waals surface area (Å²) in [5, 5.41) is 12.4. The first-order valence-corrected chi connectivity index (χ1v) is 11.4. The van der Waals surface area contributed by atoms with E-state index in [9.17, 15) is 18.4 Å². The number of hydrogen-bond donors (Lipinski definition) is 2. The summed E-state index contributed by atoms with van der Waals surface area (Å²) in [6.45, 7) is 4.89. The summed E-state index contributed by atoms with van der Waals surface area (Å²) in [4.78, 5) is 30.5. The van der Waals surface area contributed by atoms with Crippen molar-refractivity contribution in [3.05, 3.63) is 35.5 Å². The van der Waals surface area contributed by atoms with Gasteiger partial charge in [-0.05, 0) is 32.8 Å². The van der Waals surface area contributed by atoms with E-state index in [-0.39, 0.29) is 53.5 Å². The van der Waals surface area contributed by atoms with Gasteiger partial charge in [-0.1, -0.05) is 0 Å². The van der Waals surface area contributed by atoms with Crippen molar-refractivity contribution in [2.75, 3.05) is 26.9 Å². The van der Waals surface area contributed by atoms with E-state index in [0.717, 1.165) is 12.1 Å². The first-order valence-electron chi connectivity index (χ1n) is 11.4. The SMILES string of the molecule is COCCCOc1cc(C(=O)N(C(C)C)[C@@H]2CC[C@@H](CC(=O)O)NC2)nc2c(F)cc(F)cc12. The van der Waals surface area contributed by atoms with Crippen LogP contribution in [0.1, 0.15) is 50.0 Å². The number of ether oxygens (including phenoxy) is 2. The molecular weight excluding hydrogens is 448 g/mol. The molecule has 3 rings (SSSR count). The Morgan fingerprint density at radius 2 is 2.00 bits per heavy atom. The maximum atomic E-state index is 14.6. The van der Waals surface area contributed by atoms with Gasteiger partial charge in [0.15, 0.2) is 5.82 Å². The third-order valence-electron chi connectivity index (χ3n) is 5.86. The zero-order valence-electron chi connectivity index (χ0n) is 19.6. The van der Waals surface area contributed by atoms with Gasteiger partial charge < -0.3 is 24.8 Å². The Balaban J connectivity index is 1.90. The largest absolute Gasteiger partial charge is 0.493 e. The van der Waals surface area contributed by atoms with Crippen LogP contribution in [-0.2, 0) is 9.53 Å². The minimum absolute atomic E-state index is 0.00103. The van der Waals surface area contributed by atoms with Gasteiger partial charge in [0.05, 0.1) is 13.0 Å². The predicted molar refractivity (Wildman–Crippen MR) is 122 cm³/mol. The Morgan fingerprint density at radius 1 is 1.24 bits per heavy atom. The molecule has 1 saturated heterocycles.